The molecule has 6 aromatic rings. The summed E-state index contributed by atoms with van der Waals surface area (Å²) in [5.41, 5.74) is 2.95. The van der Waals surface area contributed by atoms with E-state index in [0.29, 0.717) is 32.3 Å². The second-order valence-corrected chi connectivity index (χ2v) is 15.4. The molecule has 0 fully saturated rings. The minimum atomic E-state index is -3.38. The number of benzene rings is 6. The maximum atomic E-state index is 13.9. The zero-order valence-electron chi connectivity index (χ0n) is 26.7. The van der Waals surface area contributed by atoms with E-state index in [0.717, 1.165) is 11.1 Å². The van der Waals surface area contributed by atoms with Crippen molar-refractivity contribution in [1.29, 1.82) is 0 Å². The van der Waals surface area contributed by atoms with E-state index < -0.39 is 14.7 Å². The van der Waals surface area contributed by atoms with Gasteiger partial charge in [0.2, 0.25) is 0 Å². The van der Waals surface area contributed by atoms with Crippen molar-refractivity contribution in [2.75, 3.05) is 0 Å². The van der Waals surface area contributed by atoms with E-state index >= 15 is 0 Å². The molecule has 0 radical (unpaired) electrons. The smallest absolute Gasteiger partial charge is 0.315 e. The summed E-state index contributed by atoms with van der Waals surface area (Å²) < 4.78 is 39.3. The highest BCUT2D eigenvalue weighted by Crippen LogP contribution is 2.45. The molecule has 0 saturated carbocycles. The average Bonchev–Trinajstić information content (AvgIpc) is 3.19. The number of rotatable bonds is 6. The third-order valence-corrected chi connectivity index (χ3v) is 12.0. The Morgan fingerprint density at radius 2 is 0.560 bits per heavy atom. The molecule has 0 unspecified atom stereocenters. The second-order valence-electron chi connectivity index (χ2n) is 10.7. The van der Waals surface area contributed by atoms with Crippen molar-refractivity contribution in [3.05, 3.63) is 192 Å². The highest BCUT2D eigenvalue weighted by Gasteiger charge is 2.30. The largest absolute Gasteiger partial charge is 0.383 e. The van der Waals surface area contributed by atoms with Crippen LogP contribution in [0.4, 0.5) is 0 Å². The quantitative estimate of drug-likeness (QED) is 0.134. The Balaban J connectivity index is 1.07. The molecule has 0 saturated heterocycles. The minimum Gasteiger partial charge on any atom is -0.383 e. The molecule has 0 aliphatic rings. The van der Waals surface area contributed by atoms with Crippen molar-refractivity contribution in [3.63, 3.8) is 0 Å². The van der Waals surface area contributed by atoms with Crippen LogP contribution < -0.4 is 21.2 Å². The van der Waals surface area contributed by atoms with E-state index in [1.54, 1.807) is 48.5 Å². The Morgan fingerprint density at radius 3 is 0.820 bits per heavy atom. The summed E-state index contributed by atoms with van der Waals surface area (Å²) in [6, 6.07) is 51.1. The van der Waals surface area contributed by atoms with Crippen molar-refractivity contribution in [1.82, 2.24) is 0 Å². The van der Waals surface area contributed by atoms with E-state index in [-0.39, 0.29) is 0 Å². The summed E-state index contributed by atoms with van der Waals surface area (Å²) >= 11 is 0. The summed E-state index contributed by atoms with van der Waals surface area (Å²) in [6.45, 7) is 0. The highest BCUT2D eigenvalue weighted by molar-refractivity contribution is 7.74. The Morgan fingerprint density at radius 1 is 0.320 bits per heavy atom. The van der Waals surface area contributed by atoms with Crippen LogP contribution in [0, 0.1) is 47.7 Å². The van der Waals surface area contributed by atoms with E-state index in [4.69, 9.17) is 9.05 Å². The molecule has 6 aromatic carbocycles. The topological polar surface area (TPSA) is 52.6 Å². The molecule has 50 heavy (non-hydrogen) atoms. The molecule has 4 nitrogen and oxygen atoms in total. The van der Waals surface area contributed by atoms with Crippen LogP contribution in [-0.2, 0) is 18.2 Å². The molecule has 0 bridgehead atoms. The molecule has 6 rings (SSSR count). The van der Waals surface area contributed by atoms with Gasteiger partial charge in [-0.25, -0.2) is 0 Å². The summed E-state index contributed by atoms with van der Waals surface area (Å²) in [7, 11) is -6.77. The van der Waals surface area contributed by atoms with Gasteiger partial charge in [0, 0.05) is 22.3 Å². The molecular weight excluding hydrogens is 654 g/mol. The molecule has 0 heterocycles. The predicted molar refractivity (Wildman–Crippen MR) is 202 cm³/mol. The van der Waals surface area contributed by atoms with Gasteiger partial charge < -0.3 is 9.05 Å². The molecule has 0 atom stereocenters. The van der Waals surface area contributed by atoms with Crippen molar-refractivity contribution in [2.24, 2.45) is 0 Å². The first-order valence-corrected chi connectivity index (χ1v) is 18.8. The van der Waals surface area contributed by atoms with Crippen LogP contribution in [0.1, 0.15) is 22.3 Å². The number of hydrogen-bond donors (Lipinski definition) is 0. The lowest BCUT2D eigenvalue weighted by Crippen LogP contribution is -2.16. The highest BCUT2D eigenvalue weighted by atomic mass is 31.2. The van der Waals surface area contributed by atoms with Gasteiger partial charge in [0.15, 0.2) is 0 Å². The Hall–Kier alpha value is -6.38. The summed E-state index contributed by atoms with van der Waals surface area (Å²) in [4.78, 5) is 0. The SMILES string of the molecule is O=P(OC#Cc1ccc(C#CC#Cc2ccc(C#COP(=O)(c3ccccc3)c3ccccc3)cc2)cc1)(c1ccccc1)c1ccccc1. The van der Waals surface area contributed by atoms with Crippen molar-refractivity contribution in [3.8, 4) is 47.7 Å². The van der Waals surface area contributed by atoms with Crippen molar-refractivity contribution < 1.29 is 18.2 Å². The molecule has 0 spiro atoms. The van der Waals surface area contributed by atoms with Crippen LogP contribution in [0.15, 0.2) is 170 Å². The summed E-state index contributed by atoms with van der Waals surface area (Å²) in [5.74, 6) is 17.7. The molecule has 0 amide bonds. The van der Waals surface area contributed by atoms with Gasteiger partial charge in [-0.3, -0.25) is 9.13 Å². The van der Waals surface area contributed by atoms with Crippen LogP contribution in [0.2, 0.25) is 0 Å². The lowest BCUT2D eigenvalue weighted by atomic mass is 10.1. The van der Waals surface area contributed by atoms with Gasteiger partial charge in [0.1, 0.15) is 12.2 Å². The van der Waals surface area contributed by atoms with Gasteiger partial charge in [-0.15, -0.1) is 0 Å². The zero-order chi connectivity index (χ0) is 34.5. The van der Waals surface area contributed by atoms with E-state index in [1.807, 2.05) is 121 Å². The summed E-state index contributed by atoms with van der Waals surface area (Å²) in [5, 5.41) is 2.32. The Kier molecular flexibility index (Phi) is 10.8. The summed E-state index contributed by atoms with van der Waals surface area (Å²) in [6.07, 6.45) is 5.33. The van der Waals surface area contributed by atoms with Crippen LogP contribution in [0.5, 0.6) is 0 Å². The fourth-order valence-corrected chi connectivity index (χ4v) is 8.40. The fraction of sp³-hybridized carbons (Fsp3) is 0. The standard InChI is InChI=1S/C44H28O4P2/c45-49(41-17-5-1-6-18-41,42-19-7-2-8-20-42)47-35-33-39-29-25-37(26-30-39)15-13-14-16-38-27-31-40(32-28-38)34-36-48-50(46,43-21-9-3-10-22-43)44-23-11-4-12-24-44/h1-12,17-32H. The molecule has 0 aliphatic heterocycles. The van der Waals surface area contributed by atoms with E-state index in [2.05, 4.69) is 47.7 Å². The lowest BCUT2D eigenvalue weighted by molar-refractivity contribution is 0.482. The number of hydrogen-bond acceptors (Lipinski definition) is 4. The van der Waals surface area contributed by atoms with Gasteiger partial charge >= 0.3 is 14.7 Å². The third kappa shape index (κ3) is 8.36. The molecule has 0 aromatic heterocycles. The van der Waals surface area contributed by atoms with Gasteiger partial charge in [0.25, 0.3) is 0 Å². The zero-order valence-corrected chi connectivity index (χ0v) is 28.5. The molecule has 238 valence electrons. The van der Waals surface area contributed by atoms with Crippen LogP contribution in [-0.4, -0.2) is 0 Å². The third-order valence-electron chi connectivity index (χ3n) is 7.37. The Labute approximate surface area is 293 Å². The van der Waals surface area contributed by atoms with Gasteiger partial charge in [-0.05, 0) is 121 Å². The maximum Gasteiger partial charge on any atom is 0.315 e. The maximum absolute atomic E-state index is 13.9. The van der Waals surface area contributed by atoms with Crippen molar-refractivity contribution in [2.45, 2.75) is 0 Å². The van der Waals surface area contributed by atoms with Gasteiger partial charge in [-0.2, -0.15) is 0 Å². The molecule has 6 heteroatoms. The predicted octanol–water partition coefficient (Wildman–Crippen LogP) is 7.60. The average molecular weight is 683 g/mol. The monoisotopic (exact) mass is 682 g/mol. The van der Waals surface area contributed by atoms with Gasteiger partial charge in [0.05, 0.1) is 21.2 Å². The molecule has 0 N–H and O–H groups in total. The van der Waals surface area contributed by atoms with Crippen LogP contribution in [0.3, 0.4) is 0 Å². The Bertz CT molecular complexity index is 2150. The first kappa shape index (κ1) is 33.5. The first-order valence-electron chi connectivity index (χ1n) is 15.6. The van der Waals surface area contributed by atoms with Crippen LogP contribution >= 0.6 is 14.7 Å². The van der Waals surface area contributed by atoms with Crippen LogP contribution in [0.25, 0.3) is 0 Å². The van der Waals surface area contributed by atoms with E-state index in [9.17, 15) is 9.13 Å². The second kappa shape index (κ2) is 16.1. The van der Waals surface area contributed by atoms with Gasteiger partial charge in [-0.1, -0.05) is 84.6 Å². The lowest BCUT2D eigenvalue weighted by Gasteiger charge is -2.15. The molecular formula is C44H28O4P2. The fourth-order valence-electron chi connectivity index (χ4n) is 4.78. The molecule has 0 aliphatic carbocycles. The van der Waals surface area contributed by atoms with Crippen molar-refractivity contribution >= 4 is 36.0 Å². The minimum absolute atomic E-state index is 0.581. The first-order chi connectivity index (χ1) is 24.5. The normalized spacial score (nSPS) is 10.3. The van der Waals surface area contributed by atoms with E-state index in [1.165, 1.54) is 0 Å².